The van der Waals surface area contributed by atoms with Gasteiger partial charge in [0.15, 0.2) is 6.61 Å². The first-order valence-electron chi connectivity index (χ1n) is 6.66. The second kappa shape index (κ2) is 6.34. The molecular formula is C16H13ClN2O2S. The summed E-state index contributed by atoms with van der Waals surface area (Å²) in [6, 6.07) is 12.7. The lowest BCUT2D eigenvalue weighted by molar-refractivity contribution is -0.118. The Morgan fingerprint density at radius 3 is 2.95 bits per heavy atom. The van der Waals surface area contributed by atoms with Crippen molar-refractivity contribution in [2.45, 2.75) is 6.92 Å². The first-order chi connectivity index (χ1) is 10.6. The van der Waals surface area contributed by atoms with Crippen LogP contribution in [0, 0.1) is 6.92 Å². The number of ether oxygens (including phenoxy) is 1. The van der Waals surface area contributed by atoms with Crippen LogP contribution >= 0.6 is 22.9 Å². The second-order valence-electron chi connectivity index (χ2n) is 4.68. The van der Waals surface area contributed by atoms with E-state index in [9.17, 15) is 4.79 Å². The summed E-state index contributed by atoms with van der Waals surface area (Å²) in [6.45, 7) is 1.86. The van der Waals surface area contributed by atoms with Crippen LogP contribution in [0.3, 0.4) is 0 Å². The van der Waals surface area contributed by atoms with Gasteiger partial charge in [0, 0.05) is 5.69 Å². The van der Waals surface area contributed by atoms with E-state index in [1.54, 1.807) is 29.5 Å². The van der Waals surface area contributed by atoms with Crippen LogP contribution in [0.15, 0.2) is 42.5 Å². The van der Waals surface area contributed by atoms with E-state index in [2.05, 4.69) is 10.3 Å². The van der Waals surface area contributed by atoms with E-state index in [4.69, 9.17) is 16.3 Å². The molecule has 0 radical (unpaired) electrons. The third kappa shape index (κ3) is 3.37. The molecule has 0 saturated carbocycles. The predicted molar refractivity (Wildman–Crippen MR) is 89.9 cm³/mol. The van der Waals surface area contributed by atoms with E-state index < -0.39 is 0 Å². The number of amides is 1. The highest BCUT2D eigenvalue weighted by atomic mass is 35.5. The molecule has 22 heavy (non-hydrogen) atoms. The van der Waals surface area contributed by atoms with Gasteiger partial charge in [0.25, 0.3) is 5.91 Å². The average Bonchev–Trinajstić information content (AvgIpc) is 2.86. The lowest BCUT2D eigenvalue weighted by atomic mass is 10.3. The molecule has 0 aliphatic heterocycles. The highest BCUT2D eigenvalue weighted by molar-refractivity contribution is 7.18. The molecule has 0 aliphatic carbocycles. The third-order valence-electron chi connectivity index (χ3n) is 2.97. The predicted octanol–water partition coefficient (Wildman–Crippen LogP) is 4.28. The molecule has 112 valence electrons. The fourth-order valence-electron chi connectivity index (χ4n) is 2.02. The zero-order valence-corrected chi connectivity index (χ0v) is 13.4. The number of nitrogens with zero attached hydrogens (tertiary/aromatic N) is 1. The van der Waals surface area contributed by atoms with Crippen molar-refractivity contribution in [3.05, 3.63) is 52.5 Å². The van der Waals surface area contributed by atoms with Crippen LogP contribution in [0.4, 0.5) is 5.69 Å². The van der Waals surface area contributed by atoms with Crippen molar-refractivity contribution in [2.24, 2.45) is 0 Å². The molecule has 2 aromatic carbocycles. The molecule has 3 rings (SSSR count). The first-order valence-corrected chi connectivity index (χ1v) is 7.85. The highest BCUT2D eigenvalue weighted by Crippen LogP contribution is 2.25. The third-order valence-corrected chi connectivity index (χ3v) is 4.22. The standard InChI is InChI=1S/C16H13ClN2O2S/c1-10-18-13-7-6-11(8-15(13)22-10)19-16(20)9-21-14-5-3-2-4-12(14)17/h2-8H,9H2,1H3,(H,19,20). The molecule has 0 spiro atoms. The molecule has 0 aliphatic rings. The van der Waals surface area contributed by atoms with Gasteiger partial charge in [-0.05, 0) is 37.3 Å². The second-order valence-corrected chi connectivity index (χ2v) is 6.32. The number of hydrogen-bond donors (Lipinski definition) is 1. The molecule has 3 aromatic rings. The minimum absolute atomic E-state index is 0.0938. The van der Waals surface area contributed by atoms with Crippen molar-refractivity contribution < 1.29 is 9.53 Å². The van der Waals surface area contributed by atoms with Gasteiger partial charge in [-0.1, -0.05) is 23.7 Å². The Hall–Kier alpha value is -2.11. The Balaban J connectivity index is 1.64. The molecule has 0 fully saturated rings. The number of para-hydroxylation sites is 1. The number of thiazole rings is 1. The van der Waals surface area contributed by atoms with Gasteiger partial charge in [0.05, 0.1) is 20.2 Å². The maximum atomic E-state index is 11.9. The van der Waals surface area contributed by atoms with E-state index >= 15 is 0 Å². The summed E-state index contributed by atoms with van der Waals surface area (Å²) in [5, 5.41) is 4.29. The zero-order valence-electron chi connectivity index (χ0n) is 11.8. The van der Waals surface area contributed by atoms with E-state index in [1.165, 1.54) is 0 Å². The van der Waals surface area contributed by atoms with E-state index in [-0.39, 0.29) is 12.5 Å². The van der Waals surface area contributed by atoms with Crippen LogP contribution in [0.1, 0.15) is 5.01 Å². The minimum Gasteiger partial charge on any atom is -0.482 e. The van der Waals surface area contributed by atoms with Crippen molar-refractivity contribution in [2.75, 3.05) is 11.9 Å². The van der Waals surface area contributed by atoms with Gasteiger partial charge in [-0.2, -0.15) is 0 Å². The molecule has 1 amide bonds. The molecule has 1 heterocycles. The quantitative estimate of drug-likeness (QED) is 0.776. The normalized spacial score (nSPS) is 10.6. The summed E-state index contributed by atoms with van der Waals surface area (Å²) < 4.78 is 6.45. The number of halogens is 1. The number of carbonyl (C=O) groups is 1. The zero-order chi connectivity index (χ0) is 15.5. The molecule has 0 atom stereocenters. The van der Waals surface area contributed by atoms with Crippen molar-refractivity contribution in [3.8, 4) is 5.75 Å². The number of carbonyl (C=O) groups excluding carboxylic acids is 1. The van der Waals surface area contributed by atoms with Crippen molar-refractivity contribution in [1.29, 1.82) is 0 Å². The molecule has 1 aromatic heterocycles. The maximum absolute atomic E-state index is 11.9. The SMILES string of the molecule is Cc1nc2ccc(NC(=O)COc3ccccc3Cl)cc2s1. The summed E-state index contributed by atoms with van der Waals surface area (Å²) in [5.41, 5.74) is 1.66. The lowest BCUT2D eigenvalue weighted by Gasteiger charge is -2.08. The van der Waals surface area contributed by atoms with Crippen molar-refractivity contribution >= 4 is 44.7 Å². The van der Waals surface area contributed by atoms with Gasteiger partial charge in [-0.3, -0.25) is 4.79 Å². The molecular weight excluding hydrogens is 320 g/mol. The van der Waals surface area contributed by atoms with Gasteiger partial charge in [-0.15, -0.1) is 11.3 Å². The number of aromatic nitrogens is 1. The van der Waals surface area contributed by atoms with E-state index in [0.717, 1.165) is 20.9 Å². The van der Waals surface area contributed by atoms with Crippen LogP contribution in [0.5, 0.6) is 5.75 Å². The smallest absolute Gasteiger partial charge is 0.262 e. The van der Waals surface area contributed by atoms with E-state index in [1.807, 2.05) is 31.2 Å². The summed E-state index contributed by atoms with van der Waals surface area (Å²) in [5.74, 6) is 0.258. The summed E-state index contributed by atoms with van der Waals surface area (Å²) in [6.07, 6.45) is 0. The van der Waals surface area contributed by atoms with Crippen molar-refractivity contribution in [3.63, 3.8) is 0 Å². The van der Waals surface area contributed by atoms with Gasteiger partial charge in [-0.25, -0.2) is 4.98 Å². The average molecular weight is 333 g/mol. The Bertz CT molecular complexity index is 832. The fourth-order valence-corrected chi connectivity index (χ4v) is 3.08. The topological polar surface area (TPSA) is 51.2 Å². The summed E-state index contributed by atoms with van der Waals surface area (Å²) >= 11 is 7.57. The van der Waals surface area contributed by atoms with Crippen LogP contribution in [-0.2, 0) is 4.79 Å². The molecule has 0 saturated heterocycles. The number of nitrogens with one attached hydrogen (secondary N) is 1. The van der Waals surface area contributed by atoms with Crippen LogP contribution < -0.4 is 10.1 Å². The number of rotatable bonds is 4. The van der Waals surface area contributed by atoms with Crippen LogP contribution in [0.25, 0.3) is 10.2 Å². The van der Waals surface area contributed by atoms with Gasteiger partial charge >= 0.3 is 0 Å². The van der Waals surface area contributed by atoms with Gasteiger partial charge in [0.2, 0.25) is 0 Å². The Labute approximate surface area is 136 Å². The summed E-state index contributed by atoms with van der Waals surface area (Å²) in [4.78, 5) is 16.3. The molecule has 1 N–H and O–H groups in total. The Morgan fingerprint density at radius 2 is 2.14 bits per heavy atom. The van der Waals surface area contributed by atoms with Crippen LogP contribution in [-0.4, -0.2) is 17.5 Å². The largest absolute Gasteiger partial charge is 0.482 e. The lowest BCUT2D eigenvalue weighted by Crippen LogP contribution is -2.20. The Morgan fingerprint density at radius 1 is 1.32 bits per heavy atom. The number of aryl methyl sites for hydroxylation is 1. The first kappa shape index (κ1) is 14.8. The van der Waals surface area contributed by atoms with Gasteiger partial charge in [0.1, 0.15) is 5.75 Å². The number of anilines is 1. The number of fused-ring (bicyclic) bond motifs is 1. The van der Waals surface area contributed by atoms with Gasteiger partial charge < -0.3 is 10.1 Å². The molecule has 0 unspecified atom stereocenters. The number of hydrogen-bond acceptors (Lipinski definition) is 4. The molecule has 4 nitrogen and oxygen atoms in total. The maximum Gasteiger partial charge on any atom is 0.262 e. The fraction of sp³-hybridized carbons (Fsp3) is 0.125. The Kier molecular flexibility index (Phi) is 4.27. The van der Waals surface area contributed by atoms with E-state index in [0.29, 0.717) is 10.8 Å². The van der Waals surface area contributed by atoms with Crippen LogP contribution in [0.2, 0.25) is 5.02 Å². The molecule has 6 heteroatoms. The minimum atomic E-state index is -0.236. The molecule has 0 bridgehead atoms. The van der Waals surface area contributed by atoms with Crippen molar-refractivity contribution in [1.82, 2.24) is 4.98 Å². The highest BCUT2D eigenvalue weighted by Gasteiger charge is 2.07. The number of benzene rings is 2. The monoisotopic (exact) mass is 332 g/mol. The summed E-state index contributed by atoms with van der Waals surface area (Å²) in [7, 11) is 0.